The molecule has 0 bridgehead atoms. The lowest BCUT2D eigenvalue weighted by Crippen LogP contribution is -2.02. The van der Waals surface area contributed by atoms with Crippen molar-refractivity contribution in [2.45, 2.75) is 57.8 Å². The maximum Gasteiger partial charge on any atom is 0.0124 e. The average molecular weight is 282 g/mol. The molecule has 0 fully saturated rings. The van der Waals surface area contributed by atoms with Crippen molar-refractivity contribution in [3.63, 3.8) is 0 Å². The minimum Gasteiger partial charge on any atom is -0.148 e. The van der Waals surface area contributed by atoms with Crippen LogP contribution in [0.3, 0.4) is 0 Å². The molecule has 0 saturated heterocycles. The topological polar surface area (TPSA) is 0 Å². The van der Waals surface area contributed by atoms with Gasteiger partial charge in [-0.15, -0.1) is 11.3 Å². The summed E-state index contributed by atoms with van der Waals surface area (Å²) in [6.07, 6.45) is 9.18. The molecule has 0 nitrogen and oxygen atoms in total. The van der Waals surface area contributed by atoms with Crippen LogP contribution in [0.1, 0.15) is 64.8 Å². The third-order valence-corrected chi connectivity index (χ3v) is 6.22. The molecular formula is C19H22S. The van der Waals surface area contributed by atoms with Crippen LogP contribution in [-0.4, -0.2) is 0 Å². The number of hydrogen-bond donors (Lipinski definition) is 0. The first-order chi connectivity index (χ1) is 9.81. The van der Waals surface area contributed by atoms with E-state index in [4.69, 9.17) is 0 Å². The van der Waals surface area contributed by atoms with E-state index in [1.165, 1.54) is 44.1 Å². The number of benzene rings is 1. The molecule has 1 heterocycles. The maximum absolute atomic E-state index is 2.49. The molecule has 0 amide bonds. The molecule has 0 N–H and O–H groups in total. The van der Waals surface area contributed by atoms with Gasteiger partial charge in [0.15, 0.2) is 0 Å². The van der Waals surface area contributed by atoms with Crippen molar-refractivity contribution in [2.24, 2.45) is 0 Å². The molecule has 4 rings (SSSR count). The van der Waals surface area contributed by atoms with Crippen molar-refractivity contribution in [3.05, 3.63) is 56.3 Å². The molecule has 0 spiro atoms. The van der Waals surface area contributed by atoms with Gasteiger partial charge in [0.2, 0.25) is 0 Å². The second-order valence-corrected chi connectivity index (χ2v) is 7.48. The van der Waals surface area contributed by atoms with Crippen LogP contribution in [0.4, 0.5) is 0 Å². The monoisotopic (exact) mass is 282 g/mol. The summed E-state index contributed by atoms with van der Waals surface area (Å²) in [4.78, 5) is 1.63. The molecule has 1 aromatic heterocycles. The molecular weight excluding hydrogens is 260 g/mol. The molecule has 0 radical (unpaired) electrons. The highest BCUT2D eigenvalue weighted by Crippen LogP contribution is 2.35. The van der Waals surface area contributed by atoms with Crippen LogP contribution in [0.2, 0.25) is 0 Å². The van der Waals surface area contributed by atoms with Gasteiger partial charge < -0.3 is 0 Å². The predicted molar refractivity (Wildman–Crippen MR) is 86.9 cm³/mol. The second kappa shape index (κ2) is 5.04. The second-order valence-electron chi connectivity index (χ2n) is 6.52. The van der Waals surface area contributed by atoms with Crippen molar-refractivity contribution in [1.82, 2.24) is 0 Å². The van der Waals surface area contributed by atoms with E-state index in [2.05, 4.69) is 30.5 Å². The average Bonchev–Trinajstić information content (AvgIpc) is 3.05. The summed E-state index contributed by atoms with van der Waals surface area (Å²) in [6, 6.07) is 7.24. The minimum absolute atomic E-state index is 0.766. The summed E-state index contributed by atoms with van der Waals surface area (Å²) in [6.45, 7) is 2.38. The smallest absolute Gasteiger partial charge is 0.0124 e. The van der Waals surface area contributed by atoms with Crippen LogP contribution in [0.5, 0.6) is 0 Å². The van der Waals surface area contributed by atoms with Crippen LogP contribution in [0.15, 0.2) is 23.6 Å². The van der Waals surface area contributed by atoms with Crippen LogP contribution in [0, 0.1) is 0 Å². The number of thiophene rings is 1. The van der Waals surface area contributed by atoms with E-state index < -0.39 is 0 Å². The van der Waals surface area contributed by atoms with E-state index in [-0.39, 0.29) is 0 Å². The zero-order chi connectivity index (χ0) is 13.5. The Morgan fingerprint density at radius 2 is 2.00 bits per heavy atom. The number of hydrogen-bond acceptors (Lipinski definition) is 1. The lowest BCUT2D eigenvalue weighted by Gasteiger charge is -2.13. The fraction of sp³-hybridized carbons (Fsp3) is 0.474. The van der Waals surface area contributed by atoms with E-state index in [0.29, 0.717) is 0 Å². The Morgan fingerprint density at radius 3 is 2.95 bits per heavy atom. The van der Waals surface area contributed by atoms with Gasteiger partial charge in [-0.1, -0.05) is 25.1 Å². The van der Waals surface area contributed by atoms with Crippen molar-refractivity contribution >= 4 is 11.3 Å². The molecule has 2 aliphatic rings. The Bertz CT molecular complexity index is 635. The number of aryl methyl sites for hydroxylation is 2. The minimum atomic E-state index is 0.766. The lowest BCUT2D eigenvalue weighted by atomic mass is 9.92. The zero-order valence-electron chi connectivity index (χ0n) is 12.2. The fourth-order valence-corrected chi connectivity index (χ4v) is 5.06. The first-order valence-electron chi connectivity index (χ1n) is 8.01. The molecule has 0 aliphatic heterocycles. The summed E-state index contributed by atoms with van der Waals surface area (Å²) in [5.74, 6) is 0.766. The summed E-state index contributed by atoms with van der Waals surface area (Å²) in [7, 11) is 0. The highest BCUT2D eigenvalue weighted by atomic mass is 32.1. The lowest BCUT2D eigenvalue weighted by molar-refractivity contribution is 0.686. The summed E-state index contributed by atoms with van der Waals surface area (Å²) in [5.41, 5.74) is 8.07. The fourth-order valence-electron chi connectivity index (χ4n) is 3.89. The van der Waals surface area contributed by atoms with Gasteiger partial charge in [0, 0.05) is 11.3 Å². The van der Waals surface area contributed by atoms with Gasteiger partial charge in [-0.2, -0.15) is 0 Å². The molecule has 2 aromatic rings. The molecule has 2 aliphatic carbocycles. The Hall–Kier alpha value is -1.08. The Kier molecular flexibility index (Phi) is 3.18. The van der Waals surface area contributed by atoms with Crippen molar-refractivity contribution in [1.29, 1.82) is 0 Å². The molecule has 20 heavy (non-hydrogen) atoms. The van der Waals surface area contributed by atoms with Crippen molar-refractivity contribution in [2.75, 3.05) is 0 Å². The van der Waals surface area contributed by atoms with Gasteiger partial charge >= 0.3 is 0 Å². The standard InChI is InChI=1S/C19H22S/c1-13-6-8-15-9-7-14(10-18(13)15)11-19-17-5-3-2-4-16(17)12-20-19/h7,9-10,12-13H,2-6,8,11H2,1H3/t13-/m0/s1. The van der Waals surface area contributed by atoms with Gasteiger partial charge in [0.25, 0.3) is 0 Å². The van der Waals surface area contributed by atoms with Gasteiger partial charge in [-0.3, -0.25) is 0 Å². The van der Waals surface area contributed by atoms with Gasteiger partial charge in [-0.05, 0) is 77.6 Å². The SMILES string of the molecule is C[C@H]1CCc2ccc(Cc3scc4c3CCCC4)cc21. The summed E-state index contributed by atoms with van der Waals surface area (Å²) >= 11 is 1.99. The van der Waals surface area contributed by atoms with Gasteiger partial charge in [-0.25, -0.2) is 0 Å². The third kappa shape index (κ3) is 2.13. The normalized spacial score (nSPS) is 20.8. The summed E-state index contributed by atoms with van der Waals surface area (Å²) < 4.78 is 0. The molecule has 104 valence electrons. The van der Waals surface area contributed by atoms with Crippen LogP contribution < -0.4 is 0 Å². The van der Waals surface area contributed by atoms with E-state index in [1.807, 2.05) is 11.3 Å². The highest BCUT2D eigenvalue weighted by molar-refractivity contribution is 7.10. The Balaban J connectivity index is 1.63. The number of fused-ring (bicyclic) bond motifs is 2. The Labute approximate surface area is 125 Å². The van der Waals surface area contributed by atoms with Crippen LogP contribution in [-0.2, 0) is 25.7 Å². The largest absolute Gasteiger partial charge is 0.148 e. The quantitative estimate of drug-likeness (QED) is 0.704. The van der Waals surface area contributed by atoms with Crippen molar-refractivity contribution < 1.29 is 0 Å². The van der Waals surface area contributed by atoms with Crippen molar-refractivity contribution in [3.8, 4) is 0 Å². The van der Waals surface area contributed by atoms with Crippen LogP contribution in [0.25, 0.3) is 0 Å². The third-order valence-electron chi connectivity index (χ3n) is 5.14. The van der Waals surface area contributed by atoms with Gasteiger partial charge in [0.05, 0.1) is 0 Å². The molecule has 1 aromatic carbocycles. The maximum atomic E-state index is 2.49. The predicted octanol–water partition coefficient (Wildman–Crippen LogP) is 5.27. The molecule has 0 saturated carbocycles. The van der Waals surface area contributed by atoms with E-state index in [0.717, 1.165) is 12.3 Å². The zero-order valence-corrected chi connectivity index (χ0v) is 13.1. The Morgan fingerprint density at radius 1 is 1.10 bits per heavy atom. The van der Waals surface area contributed by atoms with E-state index >= 15 is 0 Å². The molecule has 0 unspecified atom stereocenters. The first kappa shape index (κ1) is 12.6. The number of rotatable bonds is 2. The van der Waals surface area contributed by atoms with E-state index in [1.54, 1.807) is 27.1 Å². The van der Waals surface area contributed by atoms with Crippen LogP contribution >= 0.6 is 11.3 Å². The molecule has 1 atom stereocenters. The summed E-state index contributed by atoms with van der Waals surface area (Å²) in [5, 5.41) is 2.42. The highest BCUT2D eigenvalue weighted by Gasteiger charge is 2.20. The van der Waals surface area contributed by atoms with Gasteiger partial charge in [0.1, 0.15) is 0 Å². The molecule has 1 heteroatoms. The van der Waals surface area contributed by atoms with E-state index in [9.17, 15) is 0 Å². The first-order valence-corrected chi connectivity index (χ1v) is 8.89.